The van der Waals surface area contributed by atoms with Crippen molar-refractivity contribution in [2.45, 2.75) is 30.6 Å². The summed E-state index contributed by atoms with van der Waals surface area (Å²) in [6, 6.07) is 5.44. The maximum atomic E-state index is 13.2. The van der Waals surface area contributed by atoms with Gasteiger partial charge in [0.15, 0.2) is 10.8 Å². The number of hydrogen-bond donors (Lipinski definition) is 1. The summed E-state index contributed by atoms with van der Waals surface area (Å²) in [5.41, 5.74) is 0.801. The molecule has 2 aromatic heterocycles. The molecule has 0 fully saturated rings. The second-order valence-electron chi connectivity index (χ2n) is 6.93. The minimum Gasteiger partial charge on any atom is -0.383 e. The van der Waals surface area contributed by atoms with Crippen molar-refractivity contribution in [1.82, 2.24) is 24.6 Å². The number of benzene rings is 1. The maximum Gasteiger partial charge on any atom is 0.265 e. The number of nitrogens with zero attached hydrogens (tertiary/aromatic N) is 4. The van der Waals surface area contributed by atoms with E-state index in [4.69, 9.17) is 4.74 Å². The maximum absolute atomic E-state index is 13.2. The van der Waals surface area contributed by atoms with Crippen molar-refractivity contribution in [1.29, 1.82) is 0 Å². The van der Waals surface area contributed by atoms with E-state index in [1.54, 1.807) is 23.8 Å². The number of rotatable bonds is 6. The number of thioether (sulfide) groups is 1. The van der Waals surface area contributed by atoms with Gasteiger partial charge in [0.1, 0.15) is 11.2 Å². The lowest BCUT2D eigenvalue weighted by molar-refractivity contribution is -0.122. The van der Waals surface area contributed by atoms with Crippen LogP contribution < -0.4 is 10.9 Å². The number of ether oxygens (including phenoxy) is 1. The van der Waals surface area contributed by atoms with Crippen molar-refractivity contribution in [3.8, 4) is 5.69 Å². The fourth-order valence-electron chi connectivity index (χ4n) is 3.39. The lowest BCUT2D eigenvalue weighted by atomic mass is 10.2. The van der Waals surface area contributed by atoms with Crippen molar-refractivity contribution >= 4 is 28.7 Å². The topological polar surface area (TPSA) is 91.0 Å². The minimum atomic E-state index is -0.351. The largest absolute Gasteiger partial charge is 0.383 e. The number of carbonyl (C=O) groups excluding carboxylic acids is 1. The van der Waals surface area contributed by atoms with Crippen LogP contribution in [-0.2, 0) is 9.53 Å². The molecule has 1 aromatic carbocycles. The highest BCUT2D eigenvalue weighted by Gasteiger charge is 2.29. The first-order valence-corrected chi connectivity index (χ1v) is 10.1. The highest BCUT2D eigenvalue weighted by Crippen LogP contribution is 2.33. The number of carbonyl (C=O) groups is 1. The molecule has 0 spiro atoms. The summed E-state index contributed by atoms with van der Waals surface area (Å²) in [4.78, 5) is 30.0. The molecule has 0 radical (unpaired) electrons. The van der Waals surface area contributed by atoms with Crippen molar-refractivity contribution in [2.24, 2.45) is 0 Å². The zero-order valence-electron chi connectivity index (χ0n) is 16.0. The third-order valence-corrected chi connectivity index (χ3v) is 5.78. The van der Waals surface area contributed by atoms with Crippen LogP contribution in [0.5, 0.6) is 0 Å². The van der Waals surface area contributed by atoms with E-state index < -0.39 is 0 Å². The van der Waals surface area contributed by atoms with E-state index in [-0.39, 0.29) is 35.8 Å². The molecule has 152 valence electrons. The predicted molar refractivity (Wildman–Crippen MR) is 107 cm³/mol. The molecule has 1 aliphatic heterocycles. The Morgan fingerprint density at radius 3 is 2.90 bits per heavy atom. The number of hydrogen-bond acceptors (Lipinski definition) is 6. The number of amides is 1. The Bertz CT molecular complexity index is 1110. The molecule has 0 saturated heterocycles. The van der Waals surface area contributed by atoms with Gasteiger partial charge in [0.05, 0.1) is 24.5 Å². The van der Waals surface area contributed by atoms with Gasteiger partial charge in [-0.1, -0.05) is 11.8 Å². The van der Waals surface area contributed by atoms with Crippen molar-refractivity contribution in [2.75, 3.05) is 19.5 Å². The number of nitrogens with one attached hydrogen (secondary N) is 1. The van der Waals surface area contributed by atoms with Gasteiger partial charge in [-0.2, -0.15) is 5.10 Å². The molecule has 2 unspecified atom stereocenters. The SMILES string of the molecule is COCC(C)NC(=O)CC1CSc2nc3c(cnn3-c3ccc(F)cc3)c(=O)n21. The fraction of sp³-hybridized carbons (Fsp3) is 0.368. The van der Waals surface area contributed by atoms with Gasteiger partial charge in [-0.05, 0) is 31.2 Å². The first-order valence-electron chi connectivity index (χ1n) is 9.15. The van der Waals surface area contributed by atoms with Crippen LogP contribution in [-0.4, -0.2) is 50.8 Å². The Morgan fingerprint density at radius 2 is 2.17 bits per heavy atom. The number of fused-ring (bicyclic) bond motifs is 2. The Hall–Kier alpha value is -2.72. The van der Waals surface area contributed by atoms with E-state index in [9.17, 15) is 14.0 Å². The van der Waals surface area contributed by atoms with Crippen LogP contribution in [0.1, 0.15) is 19.4 Å². The molecule has 2 atom stereocenters. The average Bonchev–Trinajstić information content (AvgIpc) is 3.28. The summed E-state index contributed by atoms with van der Waals surface area (Å²) in [6.45, 7) is 2.28. The van der Waals surface area contributed by atoms with Gasteiger partial charge in [-0.25, -0.2) is 14.1 Å². The predicted octanol–water partition coefficient (Wildman–Crippen LogP) is 1.91. The Morgan fingerprint density at radius 1 is 1.41 bits per heavy atom. The standard InChI is InChI=1S/C19H20FN5O3S/c1-11(9-28-2)22-16(26)7-14-10-29-19-23-17-15(18(27)24(14)19)8-21-25(17)13-5-3-12(20)4-6-13/h3-6,8,11,14H,7,9-10H2,1-2H3,(H,22,26). The van der Waals surface area contributed by atoms with Gasteiger partial charge in [0.25, 0.3) is 5.56 Å². The van der Waals surface area contributed by atoms with Crippen LogP contribution in [0.15, 0.2) is 40.4 Å². The average molecular weight is 417 g/mol. The number of halogens is 1. The van der Waals surface area contributed by atoms with E-state index in [1.165, 1.54) is 34.8 Å². The van der Waals surface area contributed by atoms with Crippen LogP contribution in [0.4, 0.5) is 4.39 Å². The van der Waals surface area contributed by atoms with E-state index >= 15 is 0 Å². The lowest BCUT2D eigenvalue weighted by Crippen LogP contribution is -2.37. The minimum absolute atomic E-state index is 0.104. The van der Waals surface area contributed by atoms with Crippen LogP contribution in [0.25, 0.3) is 16.7 Å². The van der Waals surface area contributed by atoms with E-state index in [0.717, 1.165) is 0 Å². The summed E-state index contributed by atoms with van der Waals surface area (Å²) in [5, 5.41) is 8.04. The summed E-state index contributed by atoms with van der Waals surface area (Å²) >= 11 is 1.43. The second-order valence-corrected chi connectivity index (χ2v) is 7.92. The molecule has 29 heavy (non-hydrogen) atoms. The van der Waals surface area contributed by atoms with Crippen molar-refractivity contribution < 1.29 is 13.9 Å². The number of aromatic nitrogens is 4. The molecular weight excluding hydrogens is 397 g/mol. The van der Waals surface area contributed by atoms with Gasteiger partial charge in [-0.3, -0.25) is 14.2 Å². The zero-order valence-corrected chi connectivity index (χ0v) is 16.8. The quantitative estimate of drug-likeness (QED) is 0.616. The molecule has 1 aliphatic rings. The summed E-state index contributed by atoms with van der Waals surface area (Å²) in [6.07, 6.45) is 1.65. The van der Waals surface area contributed by atoms with Crippen molar-refractivity contribution in [3.05, 3.63) is 46.6 Å². The van der Waals surface area contributed by atoms with Gasteiger partial charge >= 0.3 is 0 Å². The number of methoxy groups -OCH3 is 1. The zero-order chi connectivity index (χ0) is 20.5. The third-order valence-electron chi connectivity index (χ3n) is 4.69. The van der Waals surface area contributed by atoms with Crippen LogP contribution in [0.2, 0.25) is 0 Å². The van der Waals surface area contributed by atoms with Crippen LogP contribution in [0.3, 0.4) is 0 Å². The van der Waals surface area contributed by atoms with Crippen LogP contribution >= 0.6 is 11.8 Å². The summed E-state index contributed by atoms with van der Waals surface area (Å²) < 4.78 is 21.3. The van der Waals surface area contributed by atoms with Crippen LogP contribution in [0, 0.1) is 5.82 Å². The van der Waals surface area contributed by atoms with E-state index in [2.05, 4.69) is 15.4 Å². The molecule has 0 bridgehead atoms. The van der Waals surface area contributed by atoms with Gasteiger partial charge in [-0.15, -0.1) is 0 Å². The lowest BCUT2D eigenvalue weighted by Gasteiger charge is -2.16. The second kappa shape index (κ2) is 7.96. The summed E-state index contributed by atoms with van der Waals surface area (Å²) in [5.74, 6) is 0.0999. The molecule has 3 heterocycles. The van der Waals surface area contributed by atoms with Gasteiger partial charge < -0.3 is 10.1 Å². The van der Waals surface area contributed by atoms with Gasteiger partial charge in [0.2, 0.25) is 5.91 Å². The first-order chi connectivity index (χ1) is 14.0. The summed E-state index contributed by atoms with van der Waals surface area (Å²) in [7, 11) is 1.58. The van der Waals surface area contributed by atoms with Gasteiger partial charge in [0, 0.05) is 25.3 Å². The highest BCUT2D eigenvalue weighted by molar-refractivity contribution is 7.99. The monoisotopic (exact) mass is 417 g/mol. The van der Waals surface area contributed by atoms with E-state index in [0.29, 0.717) is 34.2 Å². The smallest absolute Gasteiger partial charge is 0.265 e. The van der Waals surface area contributed by atoms with Crippen molar-refractivity contribution in [3.63, 3.8) is 0 Å². The fourth-order valence-corrected chi connectivity index (χ4v) is 4.52. The molecule has 0 aliphatic carbocycles. The molecule has 1 amide bonds. The normalized spacial score (nSPS) is 16.7. The molecule has 1 N–H and O–H groups in total. The molecule has 10 heteroatoms. The molecule has 8 nitrogen and oxygen atoms in total. The highest BCUT2D eigenvalue weighted by atomic mass is 32.2. The Labute approximate surface area is 170 Å². The Kier molecular flexibility index (Phi) is 5.37. The Balaban J connectivity index is 1.64. The molecular formula is C19H20FN5O3S. The third kappa shape index (κ3) is 3.77. The molecule has 4 rings (SSSR count). The van der Waals surface area contributed by atoms with E-state index in [1.807, 2.05) is 6.92 Å². The molecule has 0 saturated carbocycles. The first kappa shape index (κ1) is 19.6. The molecule has 3 aromatic rings.